The van der Waals surface area contributed by atoms with E-state index in [1.807, 2.05) is 0 Å². The van der Waals surface area contributed by atoms with Crippen LogP contribution in [0.5, 0.6) is 0 Å². The molecule has 0 aliphatic heterocycles. The van der Waals surface area contributed by atoms with Gasteiger partial charge in [-0.15, -0.1) is 19.6 Å². The van der Waals surface area contributed by atoms with Gasteiger partial charge in [0.2, 0.25) is 5.67 Å². The summed E-state index contributed by atoms with van der Waals surface area (Å²) in [4.78, 5) is 20.8. The molecule has 0 radical (unpaired) electrons. The van der Waals surface area contributed by atoms with Crippen molar-refractivity contribution in [3.05, 3.63) is 117 Å². The Morgan fingerprint density at radius 1 is 1.00 bits per heavy atom. The lowest BCUT2D eigenvalue weighted by Gasteiger charge is -2.27. The molecule has 3 heterocycles. The number of hydrogen-bond donors (Lipinski definition) is 0. The van der Waals surface area contributed by atoms with E-state index in [1.165, 1.54) is 47.4 Å². The summed E-state index contributed by atoms with van der Waals surface area (Å²) < 4.78 is 60.3. The Morgan fingerprint density at radius 2 is 1.74 bits per heavy atom. The second kappa shape index (κ2) is 9.15. The molecule has 5 nitrogen and oxygen atoms in total. The molecule has 190 valence electrons. The molecule has 0 aliphatic rings. The van der Waals surface area contributed by atoms with Crippen molar-refractivity contribution in [3.63, 3.8) is 0 Å². The Bertz CT molecular complexity index is 1780. The number of pyridine rings is 2. The van der Waals surface area contributed by atoms with Crippen LogP contribution in [0.3, 0.4) is 0 Å². The molecular weight excluding hydrogens is 520 g/mol. The number of rotatable bonds is 4. The lowest BCUT2D eigenvalue weighted by atomic mass is 9.87. The summed E-state index contributed by atoms with van der Waals surface area (Å²) >= 11 is 6.02. The fourth-order valence-electron chi connectivity index (χ4n) is 4.49. The van der Waals surface area contributed by atoms with Gasteiger partial charge in [-0.2, -0.15) is 0 Å². The Balaban J connectivity index is 1.89. The average Bonchev–Trinajstić information content (AvgIpc) is 3.33. The first kappa shape index (κ1) is 25.2. The summed E-state index contributed by atoms with van der Waals surface area (Å²) in [7, 11) is 1.59. The number of terminal acetylenes is 1. The van der Waals surface area contributed by atoms with Gasteiger partial charge >= 0.3 is 6.30 Å². The van der Waals surface area contributed by atoms with Crippen LogP contribution in [0, 0.1) is 12.3 Å². The number of hydrogen-bond acceptors (Lipinski definition) is 3. The van der Waals surface area contributed by atoms with Crippen LogP contribution >= 0.6 is 11.6 Å². The first-order valence-corrected chi connectivity index (χ1v) is 11.5. The van der Waals surface area contributed by atoms with Gasteiger partial charge in [-0.1, -0.05) is 41.8 Å². The summed E-state index contributed by atoms with van der Waals surface area (Å²) in [6, 6.07) is 14.5. The summed E-state index contributed by atoms with van der Waals surface area (Å²) in [6.45, 7) is 0. The Morgan fingerprint density at radius 3 is 2.37 bits per heavy atom. The first-order valence-electron chi connectivity index (χ1n) is 11.2. The number of aromatic nitrogens is 4. The molecule has 0 saturated heterocycles. The van der Waals surface area contributed by atoms with Crippen LogP contribution in [-0.2, 0) is 19.0 Å². The Hall–Kier alpha value is -4.42. The number of benzene rings is 2. The molecule has 0 amide bonds. The fourth-order valence-corrected chi connectivity index (χ4v) is 4.61. The molecule has 5 rings (SSSR count). The molecule has 0 fully saturated rings. The second-order valence-electron chi connectivity index (χ2n) is 8.57. The topological polar surface area (TPSA) is 52.7 Å². The van der Waals surface area contributed by atoms with Crippen molar-refractivity contribution < 1.29 is 17.6 Å². The minimum atomic E-state index is -5.04. The van der Waals surface area contributed by atoms with E-state index in [9.17, 15) is 18.0 Å². The highest BCUT2D eigenvalue weighted by Gasteiger charge is 2.42. The number of fused-ring (bicyclic) bond motifs is 1. The van der Waals surface area contributed by atoms with Crippen molar-refractivity contribution in [2.24, 2.45) is 7.05 Å². The van der Waals surface area contributed by atoms with Gasteiger partial charge in [0.05, 0.1) is 35.6 Å². The van der Waals surface area contributed by atoms with E-state index in [0.29, 0.717) is 16.1 Å². The summed E-state index contributed by atoms with van der Waals surface area (Å²) in [5.41, 5.74) is -3.25. The number of nitrogens with zero attached hydrogens (tertiary/aromatic N) is 4. The molecule has 2 aromatic carbocycles. The maximum atomic E-state index is 17.3. The standard InChI is InChI=1S/C28H17ClF4N4O/c1-3-17-5-4-6-18(11-17)21-13-26(38)37(28(31,32)33)23-14-35-24(12-22(21)23)27(30,25-15-34-16-36(25)2)19-7-9-20(29)10-8-19/h1,4-16H,2H3/t27-/m1/s1. The summed E-state index contributed by atoms with van der Waals surface area (Å²) in [5.74, 6) is 2.47. The zero-order chi connectivity index (χ0) is 27.2. The predicted octanol–water partition coefficient (Wildman–Crippen LogP) is 6.17. The van der Waals surface area contributed by atoms with Gasteiger partial charge < -0.3 is 4.57 Å². The van der Waals surface area contributed by atoms with Crippen molar-refractivity contribution >= 4 is 22.5 Å². The second-order valence-corrected chi connectivity index (χ2v) is 9.00. The zero-order valence-corrected chi connectivity index (χ0v) is 20.4. The number of aryl methyl sites for hydroxylation is 1. The van der Waals surface area contributed by atoms with E-state index >= 15 is 4.39 Å². The van der Waals surface area contributed by atoms with E-state index in [1.54, 1.807) is 31.3 Å². The number of halogens is 5. The third kappa shape index (κ3) is 4.13. The maximum absolute atomic E-state index is 17.3. The number of imidazole rings is 1. The Kier molecular flexibility index (Phi) is 6.08. The van der Waals surface area contributed by atoms with Crippen molar-refractivity contribution in [1.82, 2.24) is 19.1 Å². The molecule has 0 saturated carbocycles. The molecule has 3 aromatic heterocycles. The van der Waals surface area contributed by atoms with Crippen molar-refractivity contribution in [2.45, 2.75) is 12.0 Å². The van der Waals surface area contributed by atoms with Crippen LogP contribution in [0.15, 0.2) is 84.2 Å². The van der Waals surface area contributed by atoms with E-state index in [4.69, 9.17) is 18.0 Å². The molecular formula is C28H17ClF4N4O. The molecule has 0 aliphatic carbocycles. The largest absolute Gasteiger partial charge is 0.491 e. The highest BCUT2D eigenvalue weighted by Crippen LogP contribution is 2.42. The third-order valence-corrected chi connectivity index (χ3v) is 6.51. The highest BCUT2D eigenvalue weighted by molar-refractivity contribution is 6.30. The van der Waals surface area contributed by atoms with Gasteiger partial charge in [0.15, 0.2) is 0 Å². The highest BCUT2D eigenvalue weighted by atomic mass is 35.5. The van der Waals surface area contributed by atoms with E-state index in [-0.39, 0.29) is 32.5 Å². The van der Waals surface area contributed by atoms with E-state index < -0.39 is 23.0 Å². The molecule has 0 unspecified atom stereocenters. The minimum Gasteiger partial charge on any atom is -0.334 e. The normalized spacial score (nSPS) is 13.3. The molecule has 0 bridgehead atoms. The van der Waals surface area contributed by atoms with Gasteiger partial charge in [0.1, 0.15) is 0 Å². The van der Waals surface area contributed by atoms with E-state index in [2.05, 4.69) is 15.9 Å². The Labute approximate surface area is 219 Å². The lowest BCUT2D eigenvalue weighted by Crippen LogP contribution is -2.32. The van der Waals surface area contributed by atoms with Gasteiger partial charge in [0, 0.05) is 34.6 Å². The van der Waals surface area contributed by atoms with Crippen LogP contribution in [0.2, 0.25) is 5.02 Å². The van der Waals surface area contributed by atoms with Crippen LogP contribution in [0.25, 0.3) is 22.0 Å². The van der Waals surface area contributed by atoms with Gasteiger partial charge in [-0.3, -0.25) is 9.78 Å². The minimum absolute atomic E-state index is 0.0424. The molecule has 10 heteroatoms. The summed E-state index contributed by atoms with van der Waals surface area (Å²) in [5, 5.41) is 0.330. The van der Waals surface area contributed by atoms with Crippen molar-refractivity contribution in [2.75, 3.05) is 0 Å². The summed E-state index contributed by atoms with van der Waals surface area (Å²) in [6.07, 6.45) is 4.04. The molecule has 0 spiro atoms. The van der Waals surface area contributed by atoms with Gasteiger partial charge in [-0.25, -0.2) is 13.9 Å². The van der Waals surface area contributed by atoms with Crippen LogP contribution in [0.1, 0.15) is 22.5 Å². The maximum Gasteiger partial charge on any atom is 0.491 e. The van der Waals surface area contributed by atoms with Crippen molar-refractivity contribution in [1.29, 1.82) is 0 Å². The molecule has 1 atom stereocenters. The molecule has 38 heavy (non-hydrogen) atoms. The monoisotopic (exact) mass is 536 g/mol. The van der Waals surface area contributed by atoms with Crippen LogP contribution in [-0.4, -0.2) is 19.1 Å². The van der Waals surface area contributed by atoms with Crippen LogP contribution in [0.4, 0.5) is 17.6 Å². The molecule has 5 aromatic rings. The SMILES string of the molecule is C#Cc1cccc(-c2cc(=O)n(C(F)(F)F)c3cnc([C@](F)(c4ccc(Cl)cc4)c4cncn4C)cc23)c1. The smallest absolute Gasteiger partial charge is 0.334 e. The average molecular weight is 537 g/mol. The fraction of sp³-hybridized carbons (Fsp3) is 0.107. The third-order valence-electron chi connectivity index (χ3n) is 6.26. The lowest BCUT2D eigenvalue weighted by molar-refractivity contribution is -0.203. The van der Waals surface area contributed by atoms with Crippen LogP contribution < -0.4 is 5.56 Å². The molecule has 0 N–H and O–H groups in total. The predicted molar refractivity (Wildman–Crippen MR) is 136 cm³/mol. The van der Waals surface area contributed by atoms with Gasteiger partial charge in [-0.05, 0) is 41.5 Å². The zero-order valence-electron chi connectivity index (χ0n) is 19.7. The van der Waals surface area contributed by atoms with Gasteiger partial charge in [0.25, 0.3) is 5.56 Å². The number of alkyl halides is 4. The first-order chi connectivity index (χ1) is 18.0. The quantitative estimate of drug-likeness (QED) is 0.204. The van der Waals surface area contributed by atoms with Crippen molar-refractivity contribution in [3.8, 4) is 23.5 Å². The van der Waals surface area contributed by atoms with E-state index in [0.717, 1.165) is 12.3 Å².